The second-order valence-electron chi connectivity index (χ2n) is 15.7. The van der Waals surface area contributed by atoms with Crippen molar-refractivity contribution in [2.75, 3.05) is 19.5 Å². The summed E-state index contributed by atoms with van der Waals surface area (Å²) in [5.41, 5.74) is 0.220. The van der Waals surface area contributed by atoms with Crippen molar-refractivity contribution < 1.29 is 59.0 Å². The average molecular weight is 827 g/mol. The van der Waals surface area contributed by atoms with E-state index in [0.717, 1.165) is 6.26 Å². The molecule has 1 amide bonds. The fraction of sp³-hybridized carbons (Fsp3) is 0.432. The van der Waals surface area contributed by atoms with Crippen molar-refractivity contribution in [2.24, 2.45) is 34.7 Å². The van der Waals surface area contributed by atoms with Gasteiger partial charge in [0.05, 0.1) is 42.3 Å². The zero-order valence-corrected chi connectivity index (χ0v) is 34.5. The van der Waals surface area contributed by atoms with Crippen LogP contribution in [0.5, 0.6) is 5.75 Å². The van der Waals surface area contributed by atoms with Gasteiger partial charge in [-0.25, -0.2) is 4.98 Å². The number of aliphatic hydroxyl groups excluding tert-OH is 3. The Kier molecular flexibility index (Phi) is 12.6. The van der Waals surface area contributed by atoms with Crippen LogP contribution in [0.15, 0.2) is 65.4 Å². The van der Waals surface area contributed by atoms with Gasteiger partial charge in [0.25, 0.3) is 11.7 Å². The number of hydrogen-bond donors (Lipinski definition) is 6. The van der Waals surface area contributed by atoms with E-state index >= 15 is 0 Å². The summed E-state index contributed by atoms with van der Waals surface area (Å²) >= 11 is 0. The van der Waals surface area contributed by atoms with Crippen LogP contribution in [0.1, 0.15) is 69.4 Å². The normalized spacial score (nSPS) is 32.1. The third kappa shape index (κ3) is 8.13. The molecular formula is C44H50N4O12. The lowest BCUT2D eigenvalue weighted by Gasteiger charge is -2.40. The molecule has 6 bridgehead atoms. The zero-order valence-electron chi connectivity index (χ0n) is 34.5. The number of pyridine rings is 1. The molecule has 0 radical (unpaired) electrons. The minimum atomic E-state index is -2.47. The molecule has 2 aromatic heterocycles. The van der Waals surface area contributed by atoms with Crippen molar-refractivity contribution in [3.63, 3.8) is 0 Å². The van der Waals surface area contributed by atoms with Gasteiger partial charge in [0, 0.05) is 73.1 Å². The number of amides is 1. The number of nitrogens with one attached hydrogen (secondary N) is 1. The largest absolute Gasteiger partial charge is 0.506 e. The molecule has 3 aliphatic heterocycles. The number of phenols is 1. The highest BCUT2D eigenvalue weighted by Gasteiger charge is 2.46. The molecule has 0 fully saturated rings. The number of Topliss-reactive ketones (excluding diaryl/α,β-unsaturated/α-hetero) is 1. The first-order valence-electron chi connectivity index (χ1n) is 19.5. The number of rotatable bonds is 4. The van der Waals surface area contributed by atoms with Gasteiger partial charge in [-0.15, -0.1) is 0 Å². The average Bonchev–Trinajstić information content (AvgIpc) is 3.52. The summed E-state index contributed by atoms with van der Waals surface area (Å²) in [5, 5.41) is 66.2. The molecule has 1 aliphatic carbocycles. The van der Waals surface area contributed by atoms with Crippen molar-refractivity contribution in [2.45, 2.75) is 78.2 Å². The second kappa shape index (κ2) is 17.3. The predicted octanol–water partition coefficient (Wildman–Crippen LogP) is 4.55. The molecule has 16 heteroatoms. The summed E-state index contributed by atoms with van der Waals surface area (Å²) in [6, 6.07) is 3.31. The molecule has 0 saturated heterocycles. The number of methoxy groups -OCH3 is 1. The number of aromatic hydroxyl groups is 1. The Morgan fingerprint density at radius 3 is 2.53 bits per heavy atom. The number of oxime groups is 1. The Hall–Kier alpha value is -5.99. The predicted molar refractivity (Wildman–Crippen MR) is 220 cm³/mol. The van der Waals surface area contributed by atoms with Crippen LogP contribution in [0, 0.1) is 41.4 Å². The minimum absolute atomic E-state index is 0.0143. The SMILES string of the molecule is CO/N=C/c1ccn2c(c1)nc1c3c4c(O)c(c12)NC(=O)/C(C)=C\C=C\[C@H](C)[C@H](O)[C@@H](C)[C@@H](O)[C@@H](C)[C@H](OC(C)=O)[C@@H]1CC(C#CC4=O)C3=C(O)[C@](C)(O)O/C=C/[C@@H]1OC. The third-order valence-electron chi connectivity index (χ3n) is 11.6. The highest BCUT2D eigenvalue weighted by atomic mass is 16.6. The van der Waals surface area contributed by atoms with Gasteiger partial charge in [-0.2, -0.15) is 0 Å². The van der Waals surface area contributed by atoms with Crippen molar-refractivity contribution in [1.82, 2.24) is 9.38 Å². The summed E-state index contributed by atoms with van der Waals surface area (Å²) in [4.78, 5) is 50.9. The number of carbonyl (C=O) groups is 3. The fourth-order valence-electron chi connectivity index (χ4n) is 8.25. The lowest BCUT2D eigenvalue weighted by Crippen LogP contribution is -2.48. The molecule has 60 heavy (non-hydrogen) atoms. The fourth-order valence-corrected chi connectivity index (χ4v) is 8.25. The third-order valence-corrected chi connectivity index (χ3v) is 11.6. The summed E-state index contributed by atoms with van der Waals surface area (Å²) in [6.45, 7) is 9.03. The van der Waals surface area contributed by atoms with E-state index in [4.69, 9.17) is 24.0 Å². The van der Waals surface area contributed by atoms with E-state index in [9.17, 15) is 39.9 Å². The molecule has 0 spiro atoms. The summed E-state index contributed by atoms with van der Waals surface area (Å²) in [5.74, 6) is -4.92. The Morgan fingerprint density at radius 1 is 1.12 bits per heavy atom. The van der Waals surface area contributed by atoms with Crippen molar-refractivity contribution in [3.05, 3.63) is 76.9 Å². The molecular weight excluding hydrogens is 777 g/mol. The second-order valence-corrected chi connectivity index (χ2v) is 15.7. The van der Waals surface area contributed by atoms with E-state index in [1.807, 2.05) is 0 Å². The lowest BCUT2D eigenvalue weighted by atomic mass is 9.73. The highest BCUT2D eigenvalue weighted by Crippen LogP contribution is 2.49. The van der Waals surface area contributed by atoms with Gasteiger partial charge in [-0.05, 0) is 37.5 Å². The smallest absolute Gasteiger partial charge is 0.302 e. The molecule has 10 atom stereocenters. The summed E-state index contributed by atoms with van der Waals surface area (Å²) in [6.07, 6.45) is 5.81. The molecule has 0 saturated carbocycles. The Bertz CT molecular complexity index is 2430. The van der Waals surface area contributed by atoms with Crippen LogP contribution in [0.4, 0.5) is 5.69 Å². The van der Waals surface area contributed by atoms with Gasteiger partial charge in [-0.1, -0.05) is 50.1 Å². The molecule has 16 nitrogen and oxygen atoms in total. The zero-order chi connectivity index (χ0) is 43.8. The van der Waals surface area contributed by atoms with Crippen LogP contribution < -0.4 is 5.32 Å². The number of ketones is 1. The number of imidazole rings is 1. The molecule has 4 aliphatic rings. The highest BCUT2D eigenvalue weighted by molar-refractivity contribution is 6.22. The molecule has 1 aromatic carbocycles. The number of phenolic OH excluding ortho intramolecular Hbond substituents is 1. The summed E-state index contributed by atoms with van der Waals surface area (Å²) in [7, 11) is 2.79. The first kappa shape index (κ1) is 43.6. The van der Waals surface area contributed by atoms with Crippen LogP contribution in [0.3, 0.4) is 0 Å². The van der Waals surface area contributed by atoms with E-state index in [1.165, 1.54) is 53.4 Å². The number of hydrogen-bond acceptors (Lipinski definition) is 14. The molecule has 5 heterocycles. The van der Waals surface area contributed by atoms with E-state index in [1.54, 1.807) is 55.7 Å². The Labute approximate surface area is 346 Å². The molecule has 1 unspecified atom stereocenters. The maximum atomic E-state index is 14.3. The topological polar surface area (TPSA) is 231 Å². The van der Waals surface area contributed by atoms with Crippen LogP contribution >= 0.6 is 0 Å². The van der Waals surface area contributed by atoms with E-state index in [0.29, 0.717) is 5.56 Å². The van der Waals surface area contributed by atoms with Crippen molar-refractivity contribution >= 4 is 51.8 Å². The maximum absolute atomic E-state index is 14.3. The first-order chi connectivity index (χ1) is 28.4. The number of allylic oxidation sites excluding steroid dienone is 3. The number of ether oxygens (including phenoxy) is 3. The Morgan fingerprint density at radius 2 is 1.85 bits per heavy atom. The van der Waals surface area contributed by atoms with Gasteiger partial charge in [0.15, 0.2) is 11.5 Å². The maximum Gasteiger partial charge on any atom is 0.302 e. The van der Waals surface area contributed by atoms with Crippen molar-refractivity contribution in [3.8, 4) is 17.6 Å². The van der Waals surface area contributed by atoms with Crippen LogP contribution in [-0.2, 0) is 28.6 Å². The number of aliphatic hydroxyl groups is 4. The van der Waals surface area contributed by atoms with Gasteiger partial charge in [-0.3, -0.25) is 18.8 Å². The standard InChI is InChI=1S/C44H50N4O12/c1-21-10-9-11-22(2)43(55)47-36-37-35(46-31-18-26(20-45-58-8)14-16-48(31)37)34-32-27(12-13-29(50)33(34)40(36)53)19-28(30(57-7)15-17-59-44(6,56)42(32)54)41(60-25(5)49)24(4)39(52)23(3)38(21)51/h9-11,14-18,20-21,23-24,27-28,30,38-39,41,51-54,56H,19H2,1-8H3,(H,47,55)/b10-9+,17-15+,22-11-,42-32?,45-20+/t21-,23+,24+,27?,28+,30-,38-,39+,41-,44+/m0/s1. The van der Waals surface area contributed by atoms with E-state index in [2.05, 4.69) is 22.3 Å². The van der Waals surface area contributed by atoms with Gasteiger partial charge in [0.1, 0.15) is 35.6 Å². The quantitative estimate of drug-likeness (QED) is 0.0530. The number of esters is 1. The van der Waals surface area contributed by atoms with Gasteiger partial charge >= 0.3 is 5.97 Å². The lowest BCUT2D eigenvalue weighted by molar-refractivity contribution is -0.162. The number of benzene rings is 1. The van der Waals surface area contributed by atoms with Crippen LogP contribution in [0.2, 0.25) is 0 Å². The van der Waals surface area contributed by atoms with E-state index < -0.39 is 94.5 Å². The number of aromatic nitrogens is 2. The minimum Gasteiger partial charge on any atom is -0.506 e. The molecule has 7 rings (SSSR count). The number of carbonyl (C=O) groups excluding carboxylic acids is 3. The number of fused-ring (bicyclic) bond motifs is 10. The van der Waals surface area contributed by atoms with Crippen LogP contribution in [0.25, 0.3) is 22.3 Å². The van der Waals surface area contributed by atoms with E-state index in [-0.39, 0.29) is 45.5 Å². The van der Waals surface area contributed by atoms with Crippen molar-refractivity contribution in [1.29, 1.82) is 0 Å². The Balaban J connectivity index is 1.76. The van der Waals surface area contributed by atoms with Crippen LogP contribution in [-0.4, -0.2) is 103 Å². The first-order valence-corrected chi connectivity index (χ1v) is 19.5. The number of anilines is 1. The summed E-state index contributed by atoms with van der Waals surface area (Å²) < 4.78 is 19.3. The van der Waals surface area contributed by atoms with Gasteiger partial charge in [0.2, 0.25) is 5.78 Å². The molecule has 6 N–H and O–H groups in total. The monoisotopic (exact) mass is 826 g/mol. The number of nitrogens with zero attached hydrogens (tertiary/aromatic N) is 3. The molecule has 318 valence electrons. The van der Waals surface area contributed by atoms with Gasteiger partial charge < -0.3 is 49.9 Å². The molecule has 3 aromatic rings.